The minimum Gasteiger partial charge on any atom is -0.357 e. The van der Waals surface area contributed by atoms with Gasteiger partial charge >= 0.3 is 0 Å². The molecule has 0 aromatic heterocycles. The average molecular weight is 443 g/mol. The lowest BCUT2D eigenvalue weighted by Crippen LogP contribution is -2.37. The van der Waals surface area contributed by atoms with Crippen LogP contribution in [0.25, 0.3) is 0 Å². The van der Waals surface area contributed by atoms with E-state index >= 15 is 0 Å². The number of Topliss-reactive ketones (excluding diaryl/α,β-unsaturated/α-hetero) is 1. The fourth-order valence-electron chi connectivity index (χ4n) is 4.89. The summed E-state index contributed by atoms with van der Waals surface area (Å²) in [6.45, 7) is 1.53. The van der Waals surface area contributed by atoms with Gasteiger partial charge in [0, 0.05) is 29.6 Å². The number of rotatable bonds is 2. The molecule has 3 aromatic rings. The average Bonchev–Trinajstić information content (AvgIpc) is 2.94. The Hall–Kier alpha value is -3.37. The Bertz CT molecular complexity index is 1240. The molecule has 5 heteroatoms. The van der Waals surface area contributed by atoms with Crippen LogP contribution in [0, 0.1) is 0 Å². The van der Waals surface area contributed by atoms with Gasteiger partial charge in [-0.15, -0.1) is 0 Å². The van der Waals surface area contributed by atoms with Crippen LogP contribution in [0.15, 0.2) is 90.1 Å². The molecule has 0 radical (unpaired) electrons. The Morgan fingerprint density at radius 1 is 0.938 bits per heavy atom. The summed E-state index contributed by atoms with van der Waals surface area (Å²) < 4.78 is 0. The molecular weight excluding hydrogens is 420 g/mol. The van der Waals surface area contributed by atoms with E-state index in [0.29, 0.717) is 23.4 Å². The van der Waals surface area contributed by atoms with E-state index in [2.05, 4.69) is 17.4 Å². The van der Waals surface area contributed by atoms with Crippen molar-refractivity contribution in [2.24, 2.45) is 0 Å². The van der Waals surface area contributed by atoms with Crippen LogP contribution in [-0.2, 0) is 9.59 Å². The fourth-order valence-corrected chi connectivity index (χ4v) is 5.13. The SMILES string of the molecule is CC(=O)N1c2ccccc2NC2=C(C(=O)C[C@@H](c3ccccc3)C2)[C@@H]1c1ccccc1Cl. The minimum absolute atomic E-state index is 0.0385. The highest BCUT2D eigenvalue weighted by Crippen LogP contribution is 2.48. The molecule has 1 amide bonds. The van der Waals surface area contributed by atoms with Crippen LogP contribution in [0.1, 0.15) is 42.9 Å². The van der Waals surface area contributed by atoms with E-state index in [1.165, 1.54) is 6.92 Å². The largest absolute Gasteiger partial charge is 0.357 e. The van der Waals surface area contributed by atoms with Gasteiger partial charge in [0.15, 0.2) is 5.78 Å². The highest BCUT2D eigenvalue weighted by molar-refractivity contribution is 6.31. The number of nitrogens with one attached hydrogen (secondary N) is 1. The molecule has 1 aliphatic heterocycles. The third kappa shape index (κ3) is 3.51. The first kappa shape index (κ1) is 20.5. The molecule has 1 N–H and O–H groups in total. The molecule has 5 rings (SSSR count). The van der Waals surface area contributed by atoms with Gasteiger partial charge in [0.25, 0.3) is 0 Å². The summed E-state index contributed by atoms with van der Waals surface area (Å²) in [7, 11) is 0. The molecule has 0 spiro atoms. The summed E-state index contributed by atoms with van der Waals surface area (Å²) >= 11 is 6.62. The van der Waals surface area contributed by atoms with E-state index < -0.39 is 6.04 Å². The van der Waals surface area contributed by atoms with Gasteiger partial charge in [-0.3, -0.25) is 14.5 Å². The maximum Gasteiger partial charge on any atom is 0.224 e. The molecule has 0 saturated heterocycles. The first-order valence-corrected chi connectivity index (χ1v) is 11.1. The Labute approximate surface area is 192 Å². The summed E-state index contributed by atoms with van der Waals surface area (Å²) in [5, 5.41) is 4.05. The lowest BCUT2D eigenvalue weighted by Gasteiger charge is -2.35. The molecule has 2 atom stereocenters. The van der Waals surface area contributed by atoms with Crippen LogP contribution in [0.2, 0.25) is 5.02 Å². The number of carbonyl (C=O) groups is 2. The quantitative estimate of drug-likeness (QED) is 0.509. The van der Waals surface area contributed by atoms with Crippen LogP contribution >= 0.6 is 11.6 Å². The molecule has 32 heavy (non-hydrogen) atoms. The lowest BCUT2D eigenvalue weighted by atomic mass is 9.78. The maximum atomic E-state index is 13.7. The van der Waals surface area contributed by atoms with Crippen LogP contribution in [-0.4, -0.2) is 11.7 Å². The van der Waals surface area contributed by atoms with Gasteiger partial charge < -0.3 is 5.32 Å². The number of carbonyl (C=O) groups excluding carboxylic acids is 2. The number of allylic oxidation sites excluding steroid dienone is 1. The molecule has 0 saturated carbocycles. The van der Waals surface area contributed by atoms with Gasteiger partial charge in [0.1, 0.15) is 0 Å². The zero-order valence-corrected chi connectivity index (χ0v) is 18.5. The predicted octanol–water partition coefficient (Wildman–Crippen LogP) is 6.26. The predicted molar refractivity (Wildman–Crippen MR) is 128 cm³/mol. The monoisotopic (exact) mass is 442 g/mol. The maximum absolute atomic E-state index is 13.7. The van der Waals surface area contributed by atoms with Gasteiger partial charge in [-0.05, 0) is 41.7 Å². The number of benzene rings is 3. The standard InChI is InChI=1S/C27H23ClN2O2/c1-17(31)30-24-14-8-7-13-22(24)29-23-15-19(18-9-3-2-4-10-18)16-25(32)26(23)27(30)20-11-5-6-12-21(20)28/h2-14,19,27,29H,15-16H2,1H3/t19-,27-/m0/s1. The number of anilines is 2. The smallest absolute Gasteiger partial charge is 0.224 e. The van der Waals surface area contributed by atoms with Crippen molar-refractivity contribution >= 4 is 34.7 Å². The van der Waals surface area contributed by atoms with Crippen molar-refractivity contribution in [2.75, 3.05) is 10.2 Å². The third-order valence-corrected chi connectivity index (χ3v) is 6.64. The first-order valence-electron chi connectivity index (χ1n) is 10.8. The second-order valence-corrected chi connectivity index (χ2v) is 8.69. The molecule has 1 heterocycles. The normalized spacial score (nSPS) is 20.2. The highest BCUT2D eigenvalue weighted by atomic mass is 35.5. The molecular formula is C27H23ClN2O2. The number of hydrogen-bond donors (Lipinski definition) is 1. The number of fused-ring (bicyclic) bond motifs is 1. The van der Waals surface area contributed by atoms with Crippen molar-refractivity contribution < 1.29 is 9.59 Å². The minimum atomic E-state index is -0.587. The van der Waals surface area contributed by atoms with Gasteiger partial charge in [0.05, 0.1) is 17.4 Å². The summed E-state index contributed by atoms with van der Waals surface area (Å²) in [5.41, 5.74) is 4.92. The number of hydrogen-bond acceptors (Lipinski definition) is 3. The summed E-state index contributed by atoms with van der Waals surface area (Å²) in [5.74, 6) is -0.0228. The highest BCUT2D eigenvalue weighted by Gasteiger charge is 2.41. The number of para-hydroxylation sites is 2. The van der Waals surface area contributed by atoms with Crippen molar-refractivity contribution in [3.8, 4) is 0 Å². The van der Waals surface area contributed by atoms with Crippen molar-refractivity contribution in [2.45, 2.75) is 31.7 Å². The van der Waals surface area contributed by atoms with Crippen LogP contribution in [0.4, 0.5) is 11.4 Å². The topological polar surface area (TPSA) is 49.4 Å². The Balaban J connectivity index is 1.73. The van der Waals surface area contributed by atoms with E-state index in [4.69, 9.17) is 11.6 Å². The Kier molecular flexibility index (Phi) is 5.32. The van der Waals surface area contributed by atoms with Gasteiger partial charge in [-0.25, -0.2) is 0 Å². The number of nitrogens with zero attached hydrogens (tertiary/aromatic N) is 1. The number of ketones is 1. The number of amides is 1. The zero-order chi connectivity index (χ0) is 22.2. The van der Waals surface area contributed by atoms with Crippen LogP contribution in [0.3, 0.4) is 0 Å². The van der Waals surface area contributed by atoms with Crippen molar-refractivity contribution in [3.63, 3.8) is 0 Å². The zero-order valence-electron chi connectivity index (χ0n) is 17.7. The molecule has 0 unspecified atom stereocenters. The van der Waals surface area contributed by atoms with Crippen molar-refractivity contribution in [3.05, 3.63) is 106 Å². The lowest BCUT2D eigenvalue weighted by molar-refractivity contribution is -0.117. The number of halogens is 1. The van der Waals surface area contributed by atoms with Crippen molar-refractivity contribution in [1.82, 2.24) is 0 Å². The van der Waals surface area contributed by atoms with Crippen LogP contribution in [0.5, 0.6) is 0 Å². The van der Waals surface area contributed by atoms with E-state index in [-0.39, 0.29) is 17.6 Å². The van der Waals surface area contributed by atoms with Crippen LogP contribution < -0.4 is 10.2 Å². The van der Waals surface area contributed by atoms with Gasteiger partial charge in [-0.1, -0.05) is 72.3 Å². The Morgan fingerprint density at radius 3 is 2.38 bits per heavy atom. The van der Waals surface area contributed by atoms with Crippen molar-refractivity contribution in [1.29, 1.82) is 0 Å². The summed E-state index contributed by atoms with van der Waals surface area (Å²) in [6, 6.07) is 24.7. The summed E-state index contributed by atoms with van der Waals surface area (Å²) in [6.07, 6.45) is 1.08. The summed E-state index contributed by atoms with van der Waals surface area (Å²) in [4.78, 5) is 28.4. The fraction of sp³-hybridized carbons (Fsp3) is 0.185. The van der Waals surface area contributed by atoms with E-state index in [9.17, 15) is 9.59 Å². The van der Waals surface area contributed by atoms with E-state index in [1.807, 2.05) is 60.7 Å². The molecule has 1 aliphatic carbocycles. The van der Waals surface area contributed by atoms with Gasteiger partial charge in [0.2, 0.25) is 5.91 Å². The van der Waals surface area contributed by atoms with E-state index in [1.54, 1.807) is 11.0 Å². The first-order chi connectivity index (χ1) is 15.5. The molecule has 160 valence electrons. The van der Waals surface area contributed by atoms with E-state index in [0.717, 1.165) is 28.2 Å². The molecule has 3 aromatic carbocycles. The second-order valence-electron chi connectivity index (χ2n) is 8.29. The molecule has 4 nitrogen and oxygen atoms in total. The molecule has 0 fully saturated rings. The molecule has 0 bridgehead atoms. The molecule has 2 aliphatic rings. The second kappa shape index (κ2) is 8.29. The van der Waals surface area contributed by atoms with Gasteiger partial charge in [-0.2, -0.15) is 0 Å². The third-order valence-electron chi connectivity index (χ3n) is 6.30. The Morgan fingerprint density at radius 2 is 1.62 bits per heavy atom.